The van der Waals surface area contributed by atoms with E-state index in [2.05, 4.69) is 70.5 Å². The van der Waals surface area contributed by atoms with Gasteiger partial charge in [-0.05, 0) is 54.6 Å². The highest BCUT2D eigenvalue weighted by Gasteiger charge is 1.99. The quantitative estimate of drug-likeness (QED) is 0.456. The van der Waals surface area contributed by atoms with E-state index in [0.29, 0.717) is 0 Å². The highest BCUT2D eigenvalue weighted by molar-refractivity contribution is 9.09. The molecule has 0 saturated carbocycles. The van der Waals surface area contributed by atoms with Crippen LogP contribution < -0.4 is 0 Å². The molecule has 0 unspecified atom stereocenters. The van der Waals surface area contributed by atoms with Crippen LogP contribution in [0.1, 0.15) is 21.1 Å². The van der Waals surface area contributed by atoms with Crippen LogP contribution in [0, 0.1) is 0 Å². The number of aryl methyl sites for hydroxylation is 1. The minimum Gasteiger partial charge on any atom is -0.141 e. The first-order valence-electron chi connectivity index (χ1n) is 6.66. The van der Waals surface area contributed by atoms with Gasteiger partial charge in [-0.25, -0.2) is 0 Å². The number of fused-ring (bicyclic) bond motifs is 1. The van der Waals surface area contributed by atoms with Gasteiger partial charge in [0, 0.05) is 24.7 Å². The van der Waals surface area contributed by atoms with Gasteiger partial charge in [-0.2, -0.15) is 0 Å². The molecule has 0 fully saturated rings. The van der Waals surface area contributed by atoms with E-state index in [1.54, 1.807) is 0 Å². The summed E-state index contributed by atoms with van der Waals surface area (Å²) < 4.78 is 1.36. The van der Waals surface area contributed by atoms with E-state index in [1.807, 2.05) is 22.7 Å². The molecule has 0 aliphatic rings. The molecule has 20 heavy (non-hydrogen) atoms. The first kappa shape index (κ1) is 14.1. The second-order valence-electron chi connectivity index (χ2n) is 4.62. The summed E-state index contributed by atoms with van der Waals surface area (Å²) >= 11 is 7.23. The smallest absolute Gasteiger partial charge is 0.0349 e. The predicted octanol–water partition coefficient (Wildman–Crippen LogP) is 6.46. The summed E-state index contributed by atoms with van der Waals surface area (Å²) in [5.41, 5.74) is 0. The molecule has 0 atom stereocenters. The Bertz CT molecular complexity index is 688. The van der Waals surface area contributed by atoms with E-state index < -0.39 is 0 Å². The Morgan fingerprint density at radius 1 is 0.950 bits per heavy atom. The van der Waals surface area contributed by atoms with Crippen molar-refractivity contribution in [3.05, 3.63) is 57.1 Å². The lowest BCUT2D eigenvalue weighted by atomic mass is 10.2. The van der Waals surface area contributed by atoms with E-state index in [9.17, 15) is 0 Å². The van der Waals surface area contributed by atoms with Crippen LogP contribution in [0.5, 0.6) is 0 Å². The molecule has 3 heteroatoms. The van der Waals surface area contributed by atoms with Gasteiger partial charge in [-0.15, -0.1) is 22.7 Å². The van der Waals surface area contributed by atoms with Crippen LogP contribution in [0.25, 0.3) is 22.2 Å². The van der Waals surface area contributed by atoms with Crippen molar-refractivity contribution in [2.75, 3.05) is 5.33 Å². The molecule has 3 rings (SSSR count). The molecule has 102 valence electrons. The first-order valence-corrected chi connectivity index (χ1v) is 9.42. The van der Waals surface area contributed by atoms with Crippen LogP contribution in [0.15, 0.2) is 42.5 Å². The summed E-state index contributed by atoms with van der Waals surface area (Å²) in [7, 11) is 0. The first-order chi connectivity index (χ1) is 9.85. The largest absolute Gasteiger partial charge is 0.141 e. The molecule has 0 bridgehead atoms. The molecule has 3 aromatic rings. The van der Waals surface area contributed by atoms with E-state index in [4.69, 9.17) is 0 Å². The third kappa shape index (κ3) is 3.40. The van der Waals surface area contributed by atoms with Gasteiger partial charge in [0.2, 0.25) is 0 Å². The van der Waals surface area contributed by atoms with Crippen molar-refractivity contribution in [1.82, 2.24) is 0 Å². The normalized spacial score (nSPS) is 11.7. The van der Waals surface area contributed by atoms with Crippen LogP contribution in [0.3, 0.4) is 0 Å². The fourth-order valence-electron chi connectivity index (χ4n) is 2.11. The van der Waals surface area contributed by atoms with E-state index >= 15 is 0 Å². The maximum atomic E-state index is 3.48. The van der Waals surface area contributed by atoms with E-state index in [1.165, 1.54) is 37.6 Å². The Morgan fingerprint density at radius 2 is 1.80 bits per heavy atom. The zero-order valence-corrected chi connectivity index (χ0v) is 14.2. The molecule has 0 spiro atoms. The number of alkyl halides is 1. The fraction of sp³-hybridized carbons (Fsp3) is 0.176. The average Bonchev–Trinajstić information content (AvgIpc) is 3.09. The maximum Gasteiger partial charge on any atom is 0.0349 e. The van der Waals surface area contributed by atoms with Gasteiger partial charge < -0.3 is 0 Å². The third-order valence-corrected chi connectivity index (χ3v) is 5.85. The predicted molar refractivity (Wildman–Crippen MR) is 97.2 cm³/mol. The summed E-state index contributed by atoms with van der Waals surface area (Å²) in [5.74, 6) is 0. The Morgan fingerprint density at radius 3 is 2.65 bits per heavy atom. The zero-order valence-electron chi connectivity index (χ0n) is 11.0. The number of hydrogen-bond acceptors (Lipinski definition) is 2. The highest BCUT2D eigenvalue weighted by atomic mass is 79.9. The lowest BCUT2D eigenvalue weighted by Gasteiger charge is -1.91. The maximum absolute atomic E-state index is 3.48. The number of rotatable bonds is 5. The topological polar surface area (TPSA) is 0 Å². The van der Waals surface area contributed by atoms with E-state index in [0.717, 1.165) is 5.33 Å². The van der Waals surface area contributed by atoms with Gasteiger partial charge in [0.25, 0.3) is 0 Å². The summed E-state index contributed by atoms with van der Waals surface area (Å²) in [6, 6.07) is 15.3. The fourth-order valence-corrected chi connectivity index (χ4v) is 4.31. The molecule has 0 aliphatic heterocycles. The van der Waals surface area contributed by atoms with Crippen LogP contribution >= 0.6 is 38.6 Å². The molecule has 0 aliphatic carbocycles. The van der Waals surface area contributed by atoms with Gasteiger partial charge >= 0.3 is 0 Å². The number of halogens is 1. The summed E-state index contributed by atoms with van der Waals surface area (Å²) in [4.78, 5) is 4.13. The Labute approximate surface area is 135 Å². The van der Waals surface area contributed by atoms with Crippen molar-refractivity contribution in [2.45, 2.75) is 12.8 Å². The summed E-state index contributed by atoms with van der Waals surface area (Å²) in [6.07, 6.45) is 6.84. The van der Waals surface area contributed by atoms with Crippen LogP contribution in [0.4, 0.5) is 0 Å². The minimum absolute atomic E-state index is 1.08. The number of hydrogen-bond donors (Lipinski definition) is 0. The van der Waals surface area contributed by atoms with Crippen molar-refractivity contribution in [3.63, 3.8) is 0 Å². The average molecular weight is 363 g/mol. The summed E-state index contributed by atoms with van der Waals surface area (Å²) in [5, 5.41) is 2.42. The van der Waals surface area contributed by atoms with Gasteiger partial charge in [0.05, 0.1) is 0 Å². The molecule has 2 aromatic heterocycles. The SMILES string of the molecule is BrCCCc1ccc(C=Cc2cc3ccccc3s2)s1. The molecular weight excluding hydrogens is 348 g/mol. The summed E-state index contributed by atoms with van der Waals surface area (Å²) in [6.45, 7) is 0. The van der Waals surface area contributed by atoms with Gasteiger partial charge in [0.1, 0.15) is 0 Å². The molecule has 0 radical (unpaired) electrons. The lowest BCUT2D eigenvalue weighted by Crippen LogP contribution is -1.79. The molecule has 0 nitrogen and oxygen atoms in total. The van der Waals surface area contributed by atoms with Gasteiger partial charge in [-0.3, -0.25) is 0 Å². The molecule has 0 amide bonds. The van der Waals surface area contributed by atoms with Crippen LogP contribution in [-0.4, -0.2) is 5.33 Å². The van der Waals surface area contributed by atoms with Crippen LogP contribution in [-0.2, 0) is 6.42 Å². The molecule has 1 aromatic carbocycles. The second kappa shape index (κ2) is 6.70. The molecule has 0 N–H and O–H groups in total. The van der Waals surface area contributed by atoms with Crippen molar-refractivity contribution in [3.8, 4) is 0 Å². The lowest BCUT2D eigenvalue weighted by molar-refractivity contribution is 0.959. The Kier molecular flexibility index (Phi) is 4.71. The van der Waals surface area contributed by atoms with Crippen molar-refractivity contribution in [2.24, 2.45) is 0 Å². The molecular formula is C17H15BrS2. The van der Waals surface area contributed by atoms with Crippen molar-refractivity contribution < 1.29 is 0 Å². The van der Waals surface area contributed by atoms with E-state index in [-0.39, 0.29) is 0 Å². The third-order valence-electron chi connectivity index (χ3n) is 3.10. The molecule has 0 saturated heterocycles. The Hall–Kier alpha value is -0.900. The second-order valence-corrected chi connectivity index (χ2v) is 7.72. The minimum atomic E-state index is 1.08. The standard InChI is InChI=1S/C17H15BrS2/c18-11-3-5-14-7-8-15(19-14)9-10-16-12-13-4-1-2-6-17(13)20-16/h1-2,4,6-10,12H,3,5,11H2. The van der Waals surface area contributed by atoms with Gasteiger partial charge in [0.15, 0.2) is 0 Å². The van der Waals surface area contributed by atoms with Gasteiger partial charge in [-0.1, -0.05) is 34.1 Å². The monoisotopic (exact) mass is 362 g/mol. The van der Waals surface area contributed by atoms with Crippen molar-refractivity contribution >= 4 is 60.8 Å². The van der Waals surface area contributed by atoms with Crippen molar-refractivity contribution in [1.29, 1.82) is 0 Å². The number of benzene rings is 1. The highest BCUT2D eigenvalue weighted by Crippen LogP contribution is 2.27. The van der Waals surface area contributed by atoms with Crippen LogP contribution in [0.2, 0.25) is 0 Å². The Balaban J connectivity index is 1.74. The molecule has 2 heterocycles. The zero-order chi connectivity index (χ0) is 13.8. The number of thiophene rings is 2.